The zero-order chi connectivity index (χ0) is 19.7. The number of esters is 1. The van der Waals surface area contributed by atoms with Crippen LogP contribution < -0.4 is 4.74 Å². The van der Waals surface area contributed by atoms with Crippen LogP contribution in [0, 0.1) is 0 Å². The highest BCUT2D eigenvalue weighted by atomic mass is 19.4. The molecule has 0 unspecified atom stereocenters. The van der Waals surface area contributed by atoms with Crippen LogP contribution in [0.2, 0.25) is 0 Å². The van der Waals surface area contributed by atoms with E-state index < -0.39 is 48.2 Å². The van der Waals surface area contributed by atoms with Gasteiger partial charge in [-0.2, -0.15) is 26.3 Å². The zero-order valence-electron chi connectivity index (χ0n) is 11.6. The molecule has 1 N–H and O–H groups in total. The van der Waals surface area contributed by atoms with Crippen LogP contribution in [0.4, 0.5) is 39.5 Å². The fourth-order valence-corrected chi connectivity index (χ4v) is 1.48. The van der Waals surface area contributed by atoms with Gasteiger partial charge in [-0.3, -0.25) is 0 Å². The molecule has 0 amide bonds. The number of hydrogen-bond donors (Lipinski definition) is 1. The molecule has 0 aliphatic carbocycles. The molecule has 25 heavy (non-hydrogen) atoms. The molecule has 0 heterocycles. The minimum Gasteiger partial charge on any atom is -0.458 e. The highest BCUT2D eigenvalue weighted by Crippen LogP contribution is 2.44. The molecular weight excluding hydrogens is 379 g/mol. The maximum atomic E-state index is 12.4. The second kappa shape index (κ2) is 6.61. The van der Waals surface area contributed by atoms with Crippen molar-refractivity contribution < 1.29 is 58.9 Å². The van der Waals surface area contributed by atoms with E-state index in [4.69, 9.17) is 5.11 Å². The van der Waals surface area contributed by atoms with E-state index in [0.29, 0.717) is 6.07 Å². The van der Waals surface area contributed by atoms with Gasteiger partial charge in [0.15, 0.2) is 0 Å². The summed E-state index contributed by atoms with van der Waals surface area (Å²) < 4.78 is 118. The van der Waals surface area contributed by atoms with E-state index in [-0.39, 0.29) is 0 Å². The topological polar surface area (TPSA) is 55.8 Å². The second-order valence-electron chi connectivity index (χ2n) is 4.48. The summed E-state index contributed by atoms with van der Waals surface area (Å²) in [5.74, 6) is -3.92. The fourth-order valence-electron chi connectivity index (χ4n) is 1.48. The van der Waals surface area contributed by atoms with Crippen molar-refractivity contribution in [3.8, 4) is 5.75 Å². The molecule has 0 radical (unpaired) electrons. The number of alkyl halides is 9. The summed E-state index contributed by atoms with van der Waals surface area (Å²) in [6.07, 6.45) is -17.9. The Labute approximate surface area is 132 Å². The SMILES string of the molecule is O=C(OCc1cccc(OC(F)(F)F)c1)C(O)(C(F)(F)F)C(F)(F)F. The van der Waals surface area contributed by atoms with Gasteiger partial charge >= 0.3 is 30.3 Å². The molecule has 0 atom stereocenters. The van der Waals surface area contributed by atoms with Crippen molar-refractivity contribution in [2.75, 3.05) is 0 Å². The number of carbonyl (C=O) groups excluding carboxylic acids is 1. The van der Waals surface area contributed by atoms with Crippen molar-refractivity contribution in [1.82, 2.24) is 0 Å². The van der Waals surface area contributed by atoms with E-state index in [0.717, 1.165) is 18.2 Å². The normalized spacial score (nSPS) is 13.5. The molecule has 1 aromatic rings. The molecular formula is C12H7F9O4. The first-order valence-corrected chi connectivity index (χ1v) is 5.95. The Morgan fingerprint density at radius 3 is 1.92 bits per heavy atom. The van der Waals surface area contributed by atoms with Gasteiger partial charge in [0.25, 0.3) is 0 Å². The van der Waals surface area contributed by atoms with Gasteiger partial charge in [0.1, 0.15) is 12.4 Å². The Hall–Kier alpha value is -2.18. The van der Waals surface area contributed by atoms with Crippen LogP contribution in [0.1, 0.15) is 5.56 Å². The van der Waals surface area contributed by atoms with Crippen molar-refractivity contribution in [1.29, 1.82) is 0 Å². The van der Waals surface area contributed by atoms with Crippen molar-refractivity contribution in [3.05, 3.63) is 29.8 Å². The summed E-state index contributed by atoms with van der Waals surface area (Å²) in [7, 11) is 0. The number of hydrogen-bond acceptors (Lipinski definition) is 4. The van der Waals surface area contributed by atoms with Gasteiger partial charge < -0.3 is 14.6 Å². The third-order valence-corrected chi connectivity index (χ3v) is 2.62. The molecule has 0 spiro atoms. The molecule has 0 saturated carbocycles. The predicted molar refractivity (Wildman–Crippen MR) is 60.0 cm³/mol. The number of rotatable bonds is 4. The summed E-state index contributed by atoms with van der Waals surface area (Å²) in [5.41, 5.74) is -6.19. The number of halogens is 9. The lowest BCUT2D eigenvalue weighted by molar-refractivity contribution is -0.357. The summed E-state index contributed by atoms with van der Waals surface area (Å²) in [6.45, 7) is -1.28. The van der Waals surface area contributed by atoms with Crippen molar-refractivity contribution in [2.45, 2.75) is 30.9 Å². The van der Waals surface area contributed by atoms with Gasteiger partial charge in [-0.05, 0) is 17.7 Å². The molecule has 0 aliphatic heterocycles. The minimum absolute atomic E-state index is 0.415. The van der Waals surface area contributed by atoms with Crippen LogP contribution in [0.3, 0.4) is 0 Å². The Kier molecular flexibility index (Phi) is 5.52. The first-order chi connectivity index (χ1) is 11.1. The monoisotopic (exact) mass is 386 g/mol. The number of benzene rings is 1. The Morgan fingerprint density at radius 2 is 1.48 bits per heavy atom. The van der Waals surface area contributed by atoms with Crippen LogP contribution in [0.25, 0.3) is 0 Å². The lowest BCUT2D eigenvalue weighted by Gasteiger charge is -2.29. The van der Waals surface area contributed by atoms with Crippen molar-refractivity contribution in [3.63, 3.8) is 0 Å². The van der Waals surface area contributed by atoms with E-state index in [1.165, 1.54) is 0 Å². The van der Waals surface area contributed by atoms with E-state index >= 15 is 0 Å². The third kappa shape index (κ3) is 4.90. The number of aliphatic hydroxyl groups is 1. The van der Waals surface area contributed by atoms with Gasteiger partial charge in [0, 0.05) is 0 Å². The van der Waals surface area contributed by atoms with Crippen molar-refractivity contribution in [2.24, 2.45) is 0 Å². The third-order valence-electron chi connectivity index (χ3n) is 2.62. The highest BCUT2D eigenvalue weighted by molar-refractivity contribution is 5.81. The highest BCUT2D eigenvalue weighted by Gasteiger charge is 2.76. The zero-order valence-corrected chi connectivity index (χ0v) is 11.6. The van der Waals surface area contributed by atoms with E-state index in [2.05, 4.69) is 9.47 Å². The standard InChI is InChI=1S/C12H7F9O4/c13-10(14,15)9(23,11(16,17)18)8(22)24-5-6-2-1-3-7(4-6)25-12(19,20)21/h1-4,23H,5H2. The van der Waals surface area contributed by atoms with Crippen LogP contribution >= 0.6 is 0 Å². The number of carbonyl (C=O) groups is 1. The van der Waals surface area contributed by atoms with Gasteiger partial charge in [0.2, 0.25) is 0 Å². The van der Waals surface area contributed by atoms with Gasteiger partial charge in [-0.1, -0.05) is 12.1 Å². The van der Waals surface area contributed by atoms with Crippen LogP contribution in [-0.2, 0) is 16.1 Å². The minimum atomic E-state index is -6.43. The van der Waals surface area contributed by atoms with Gasteiger partial charge in [-0.15, -0.1) is 13.2 Å². The Bertz CT molecular complexity index is 604. The van der Waals surface area contributed by atoms with Crippen molar-refractivity contribution >= 4 is 5.97 Å². The van der Waals surface area contributed by atoms with E-state index in [1.54, 1.807) is 0 Å². The molecule has 0 saturated heterocycles. The van der Waals surface area contributed by atoms with Gasteiger partial charge in [-0.25, -0.2) is 4.79 Å². The Balaban J connectivity index is 2.93. The van der Waals surface area contributed by atoms with E-state index in [9.17, 15) is 44.3 Å². The summed E-state index contributed by atoms with van der Waals surface area (Å²) in [5, 5.41) is 8.74. The average molecular weight is 386 g/mol. The van der Waals surface area contributed by atoms with Crippen LogP contribution in [-0.4, -0.2) is 35.4 Å². The first-order valence-electron chi connectivity index (χ1n) is 5.95. The lowest BCUT2D eigenvalue weighted by atomic mass is 10.0. The summed E-state index contributed by atoms with van der Waals surface area (Å²) in [6, 6.07) is 3.22. The van der Waals surface area contributed by atoms with E-state index in [1.807, 2.05) is 0 Å². The Morgan fingerprint density at radius 1 is 0.960 bits per heavy atom. The number of ether oxygens (including phenoxy) is 2. The molecule has 1 rings (SSSR count). The molecule has 142 valence electrons. The van der Waals surface area contributed by atoms with Crippen LogP contribution in [0.15, 0.2) is 24.3 Å². The fraction of sp³-hybridized carbons (Fsp3) is 0.417. The smallest absolute Gasteiger partial charge is 0.458 e. The largest absolute Gasteiger partial charge is 0.573 e. The van der Waals surface area contributed by atoms with Gasteiger partial charge in [0.05, 0.1) is 0 Å². The molecule has 4 nitrogen and oxygen atoms in total. The molecule has 13 heteroatoms. The quantitative estimate of drug-likeness (QED) is 0.636. The summed E-state index contributed by atoms with van der Waals surface area (Å²) >= 11 is 0. The predicted octanol–water partition coefficient (Wildman–Crippen LogP) is 3.48. The van der Waals surface area contributed by atoms with Crippen LogP contribution in [0.5, 0.6) is 5.75 Å². The second-order valence-corrected chi connectivity index (χ2v) is 4.48. The average Bonchev–Trinajstić information content (AvgIpc) is 2.39. The maximum Gasteiger partial charge on any atom is 0.573 e. The molecule has 0 bridgehead atoms. The summed E-state index contributed by atoms with van der Waals surface area (Å²) in [4.78, 5) is 11.1. The lowest BCUT2D eigenvalue weighted by Crippen LogP contribution is -2.62. The first kappa shape index (κ1) is 20.9. The molecule has 0 aliphatic rings. The maximum absolute atomic E-state index is 12.4. The molecule has 1 aromatic carbocycles. The molecule has 0 aromatic heterocycles. The molecule has 0 fully saturated rings.